The molecule has 1 atom stereocenters. The number of nitrogens with two attached hydrogens (primary N) is 1. The SMILES string of the molecule is C[C@@H](CN)NC(=O)CCCS(=O)(=O)N1CCCC1. The van der Waals surface area contributed by atoms with Crippen LogP contribution < -0.4 is 11.1 Å². The molecule has 1 heterocycles. The number of carbonyl (C=O) groups is 1. The van der Waals surface area contributed by atoms with Gasteiger partial charge in [-0.3, -0.25) is 4.79 Å². The van der Waals surface area contributed by atoms with Crippen molar-refractivity contribution < 1.29 is 13.2 Å². The van der Waals surface area contributed by atoms with Crippen LogP contribution in [0.3, 0.4) is 0 Å². The Morgan fingerprint density at radius 2 is 2.00 bits per heavy atom. The third-order valence-electron chi connectivity index (χ3n) is 3.03. The van der Waals surface area contributed by atoms with Crippen molar-refractivity contribution in [2.45, 2.75) is 38.6 Å². The minimum absolute atomic E-state index is 0.0530. The Hall–Kier alpha value is -0.660. The lowest BCUT2D eigenvalue weighted by molar-refractivity contribution is -0.121. The summed E-state index contributed by atoms with van der Waals surface area (Å²) in [7, 11) is -3.16. The van der Waals surface area contributed by atoms with E-state index in [9.17, 15) is 13.2 Å². The van der Waals surface area contributed by atoms with E-state index >= 15 is 0 Å². The molecule has 0 spiro atoms. The van der Waals surface area contributed by atoms with Crippen LogP contribution in [0, 0.1) is 0 Å². The molecule has 1 aliphatic rings. The van der Waals surface area contributed by atoms with E-state index in [-0.39, 0.29) is 24.1 Å². The summed E-state index contributed by atoms with van der Waals surface area (Å²) in [6.45, 7) is 3.45. The van der Waals surface area contributed by atoms with Crippen LogP contribution in [0.15, 0.2) is 0 Å². The summed E-state index contributed by atoms with van der Waals surface area (Å²) in [5, 5.41) is 2.71. The largest absolute Gasteiger partial charge is 0.352 e. The maximum absolute atomic E-state index is 11.9. The van der Waals surface area contributed by atoms with Crippen LogP contribution >= 0.6 is 0 Å². The van der Waals surface area contributed by atoms with Gasteiger partial charge in [-0.1, -0.05) is 0 Å². The third-order valence-corrected chi connectivity index (χ3v) is 4.98. The van der Waals surface area contributed by atoms with Crippen molar-refractivity contribution in [2.24, 2.45) is 5.73 Å². The highest BCUT2D eigenvalue weighted by molar-refractivity contribution is 7.89. The Kier molecular flexibility index (Phi) is 6.04. The van der Waals surface area contributed by atoms with E-state index in [1.54, 1.807) is 0 Å². The van der Waals surface area contributed by atoms with Gasteiger partial charge in [-0.05, 0) is 26.2 Å². The smallest absolute Gasteiger partial charge is 0.220 e. The van der Waals surface area contributed by atoms with Gasteiger partial charge in [-0.15, -0.1) is 0 Å². The Labute approximate surface area is 109 Å². The van der Waals surface area contributed by atoms with Gasteiger partial charge in [0, 0.05) is 32.1 Å². The van der Waals surface area contributed by atoms with Crippen molar-refractivity contribution in [1.82, 2.24) is 9.62 Å². The summed E-state index contributed by atoms with van der Waals surface area (Å²) in [4.78, 5) is 11.4. The fourth-order valence-corrected chi connectivity index (χ4v) is 3.50. The predicted octanol–water partition coefficient (Wildman–Crippen LogP) is -0.344. The van der Waals surface area contributed by atoms with E-state index in [0.717, 1.165) is 12.8 Å². The van der Waals surface area contributed by atoms with Crippen molar-refractivity contribution in [3.63, 3.8) is 0 Å². The maximum Gasteiger partial charge on any atom is 0.220 e. The molecule has 6 nitrogen and oxygen atoms in total. The molecule has 1 rings (SSSR count). The zero-order valence-corrected chi connectivity index (χ0v) is 11.7. The molecule has 0 unspecified atom stereocenters. The van der Waals surface area contributed by atoms with Crippen molar-refractivity contribution in [2.75, 3.05) is 25.4 Å². The molecule has 106 valence electrons. The number of rotatable bonds is 7. The highest BCUT2D eigenvalue weighted by atomic mass is 32.2. The topological polar surface area (TPSA) is 92.5 Å². The lowest BCUT2D eigenvalue weighted by Crippen LogP contribution is -2.38. The van der Waals surface area contributed by atoms with Gasteiger partial charge in [0.15, 0.2) is 0 Å². The molecule has 0 saturated carbocycles. The molecule has 0 bridgehead atoms. The van der Waals surface area contributed by atoms with Crippen molar-refractivity contribution in [3.8, 4) is 0 Å². The Morgan fingerprint density at radius 1 is 1.39 bits per heavy atom. The number of amides is 1. The zero-order chi connectivity index (χ0) is 13.6. The fraction of sp³-hybridized carbons (Fsp3) is 0.909. The summed E-state index contributed by atoms with van der Waals surface area (Å²) >= 11 is 0. The second-order valence-electron chi connectivity index (χ2n) is 4.73. The first-order valence-electron chi connectivity index (χ1n) is 6.43. The molecular weight excluding hydrogens is 254 g/mol. The van der Waals surface area contributed by atoms with Gasteiger partial charge < -0.3 is 11.1 Å². The van der Waals surface area contributed by atoms with Gasteiger partial charge in [0.2, 0.25) is 15.9 Å². The molecule has 0 aliphatic carbocycles. The molecule has 0 aromatic rings. The number of carbonyl (C=O) groups excluding carboxylic acids is 1. The number of hydrogen-bond donors (Lipinski definition) is 2. The summed E-state index contributed by atoms with van der Waals surface area (Å²) in [5.74, 6) is -0.0817. The third kappa shape index (κ3) is 4.91. The van der Waals surface area contributed by atoms with Crippen LogP contribution in [0.4, 0.5) is 0 Å². The highest BCUT2D eigenvalue weighted by Crippen LogP contribution is 2.14. The molecule has 0 aromatic heterocycles. The van der Waals surface area contributed by atoms with Gasteiger partial charge in [0.1, 0.15) is 0 Å². The second-order valence-corrected chi connectivity index (χ2v) is 6.82. The van der Waals surface area contributed by atoms with Crippen molar-refractivity contribution in [1.29, 1.82) is 0 Å². The summed E-state index contributed by atoms with van der Waals surface area (Å²) in [6, 6.07) is -0.0623. The van der Waals surface area contributed by atoms with Gasteiger partial charge >= 0.3 is 0 Å². The number of sulfonamides is 1. The highest BCUT2D eigenvalue weighted by Gasteiger charge is 2.24. The first kappa shape index (κ1) is 15.4. The summed E-state index contributed by atoms with van der Waals surface area (Å²) in [5.41, 5.74) is 5.38. The normalized spacial score (nSPS) is 18.8. The van der Waals surface area contributed by atoms with Crippen LogP contribution in [0.2, 0.25) is 0 Å². The van der Waals surface area contributed by atoms with Crippen LogP contribution in [0.25, 0.3) is 0 Å². The Balaban J connectivity index is 2.26. The molecule has 1 aliphatic heterocycles. The average Bonchev–Trinajstić information content (AvgIpc) is 2.82. The molecule has 0 radical (unpaired) electrons. The molecular formula is C11H23N3O3S. The van der Waals surface area contributed by atoms with E-state index in [1.165, 1.54) is 4.31 Å². The summed E-state index contributed by atoms with van der Waals surface area (Å²) < 4.78 is 25.3. The minimum atomic E-state index is -3.16. The second kappa shape index (κ2) is 7.06. The van der Waals surface area contributed by atoms with Gasteiger partial charge in [0.25, 0.3) is 0 Å². The van der Waals surface area contributed by atoms with E-state index in [4.69, 9.17) is 5.73 Å². The molecule has 1 amide bonds. The number of nitrogens with zero attached hydrogens (tertiary/aromatic N) is 1. The summed E-state index contributed by atoms with van der Waals surface area (Å²) in [6.07, 6.45) is 2.47. The van der Waals surface area contributed by atoms with Crippen LogP contribution in [0.1, 0.15) is 32.6 Å². The molecule has 1 saturated heterocycles. The van der Waals surface area contributed by atoms with E-state index in [0.29, 0.717) is 26.1 Å². The Morgan fingerprint density at radius 3 is 2.56 bits per heavy atom. The number of hydrogen-bond acceptors (Lipinski definition) is 4. The van der Waals surface area contributed by atoms with Crippen molar-refractivity contribution >= 4 is 15.9 Å². The van der Waals surface area contributed by atoms with Gasteiger partial charge in [-0.2, -0.15) is 0 Å². The van der Waals surface area contributed by atoms with E-state index in [1.807, 2.05) is 6.92 Å². The predicted molar refractivity (Wildman–Crippen MR) is 70.5 cm³/mol. The van der Waals surface area contributed by atoms with Gasteiger partial charge in [-0.25, -0.2) is 12.7 Å². The molecule has 0 aromatic carbocycles. The van der Waals surface area contributed by atoms with E-state index in [2.05, 4.69) is 5.32 Å². The quantitative estimate of drug-likeness (QED) is 0.665. The van der Waals surface area contributed by atoms with Crippen LogP contribution in [-0.4, -0.2) is 50.1 Å². The maximum atomic E-state index is 11.9. The van der Waals surface area contributed by atoms with E-state index < -0.39 is 10.0 Å². The lowest BCUT2D eigenvalue weighted by Gasteiger charge is -2.15. The van der Waals surface area contributed by atoms with Gasteiger partial charge in [0.05, 0.1) is 5.75 Å². The monoisotopic (exact) mass is 277 g/mol. The fourth-order valence-electron chi connectivity index (χ4n) is 1.92. The number of nitrogens with one attached hydrogen (secondary N) is 1. The first-order valence-corrected chi connectivity index (χ1v) is 8.04. The standard InChI is InChI=1S/C11H23N3O3S/c1-10(9-12)13-11(15)5-4-8-18(16,17)14-6-2-3-7-14/h10H,2-9,12H2,1H3,(H,13,15)/t10-/m0/s1. The average molecular weight is 277 g/mol. The molecule has 7 heteroatoms. The van der Waals surface area contributed by atoms with Crippen LogP contribution in [0.5, 0.6) is 0 Å². The molecule has 1 fully saturated rings. The van der Waals surface area contributed by atoms with Crippen molar-refractivity contribution in [3.05, 3.63) is 0 Å². The molecule has 18 heavy (non-hydrogen) atoms. The minimum Gasteiger partial charge on any atom is -0.352 e. The Bertz CT molecular complexity index is 364. The van der Waals surface area contributed by atoms with Crippen LogP contribution in [-0.2, 0) is 14.8 Å². The lowest BCUT2D eigenvalue weighted by atomic mass is 10.3. The first-order chi connectivity index (χ1) is 8.45. The molecule has 3 N–H and O–H groups in total. The zero-order valence-electron chi connectivity index (χ0n) is 10.9.